The van der Waals surface area contributed by atoms with E-state index in [1.807, 2.05) is 18.2 Å². The Balaban J connectivity index is 1.26. The number of aromatic nitrogens is 1. The fourth-order valence-electron chi connectivity index (χ4n) is 3.64. The van der Waals surface area contributed by atoms with Gasteiger partial charge in [-0.25, -0.2) is 4.98 Å². The summed E-state index contributed by atoms with van der Waals surface area (Å²) in [5.74, 6) is 0.872. The first kappa shape index (κ1) is 25.1. The highest BCUT2D eigenvalue weighted by Crippen LogP contribution is 2.32. The highest BCUT2D eigenvalue weighted by Gasteiger charge is 2.16. The lowest BCUT2D eigenvalue weighted by Crippen LogP contribution is -2.33. The predicted molar refractivity (Wildman–Crippen MR) is 148 cm³/mol. The molecule has 0 saturated carbocycles. The van der Waals surface area contributed by atoms with Crippen molar-refractivity contribution in [2.24, 2.45) is 0 Å². The molecule has 0 atom stereocenters. The minimum absolute atomic E-state index is 0.00194. The van der Waals surface area contributed by atoms with Crippen molar-refractivity contribution >= 4 is 61.6 Å². The number of hydrogen-bond acceptors (Lipinski definition) is 8. The second-order valence-corrected chi connectivity index (χ2v) is 9.19. The van der Waals surface area contributed by atoms with E-state index < -0.39 is 10.8 Å². The predicted octanol–water partition coefficient (Wildman–Crippen LogP) is 6.56. The molecule has 0 aliphatic carbocycles. The van der Waals surface area contributed by atoms with Gasteiger partial charge in [0, 0.05) is 28.9 Å². The standard InChI is InChI=1S/C26H17BrN4O6S/c1-35-21-7-5-15(12-18(21)27)25-29-19-13-16(6-8-22(19)37-25)28-26(38)30-24(32)23-10-9-20(36-23)14-3-2-4-17(11-14)31(33)34/h2-13H,1H3,(H2,28,30,32,38). The van der Waals surface area contributed by atoms with Crippen LogP contribution < -0.4 is 15.4 Å². The van der Waals surface area contributed by atoms with Crippen LogP contribution in [0.2, 0.25) is 0 Å². The minimum Gasteiger partial charge on any atom is -0.496 e. The van der Waals surface area contributed by atoms with Crippen molar-refractivity contribution in [1.29, 1.82) is 0 Å². The molecule has 0 saturated heterocycles. The molecule has 38 heavy (non-hydrogen) atoms. The first-order valence-corrected chi connectivity index (χ1v) is 12.2. The molecule has 5 rings (SSSR count). The fourth-order valence-corrected chi connectivity index (χ4v) is 4.39. The number of non-ortho nitro benzene ring substituents is 1. The van der Waals surface area contributed by atoms with Crippen LogP contribution in [0.15, 0.2) is 86.1 Å². The number of fused-ring (bicyclic) bond motifs is 1. The second kappa shape index (κ2) is 10.4. The number of furan rings is 1. The van der Waals surface area contributed by atoms with Gasteiger partial charge < -0.3 is 18.9 Å². The Labute approximate surface area is 228 Å². The molecule has 1 amide bonds. The van der Waals surface area contributed by atoms with E-state index >= 15 is 0 Å². The summed E-state index contributed by atoms with van der Waals surface area (Å²) in [7, 11) is 1.59. The van der Waals surface area contributed by atoms with Crippen LogP contribution in [-0.2, 0) is 0 Å². The lowest BCUT2D eigenvalue weighted by atomic mass is 10.1. The SMILES string of the molecule is COc1ccc(-c2nc3cc(NC(=S)NC(=O)c4ccc(-c5cccc([N+](=O)[O-])c5)o4)ccc3o2)cc1Br. The normalized spacial score (nSPS) is 10.8. The molecular weight excluding hydrogens is 576 g/mol. The van der Waals surface area contributed by atoms with Crippen molar-refractivity contribution in [2.75, 3.05) is 12.4 Å². The van der Waals surface area contributed by atoms with E-state index in [4.69, 9.17) is 25.8 Å². The Bertz CT molecular complexity index is 1710. The van der Waals surface area contributed by atoms with Crippen LogP contribution in [0.4, 0.5) is 11.4 Å². The lowest BCUT2D eigenvalue weighted by Gasteiger charge is -2.08. The number of nitrogens with one attached hydrogen (secondary N) is 2. The average Bonchev–Trinajstić information content (AvgIpc) is 3.56. The molecule has 0 bridgehead atoms. The molecule has 2 N–H and O–H groups in total. The smallest absolute Gasteiger partial charge is 0.293 e. The maximum atomic E-state index is 12.6. The summed E-state index contributed by atoms with van der Waals surface area (Å²) in [6, 6.07) is 19.7. The van der Waals surface area contributed by atoms with Gasteiger partial charge in [-0.15, -0.1) is 0 Å². The maximum Gasteiger partial charge on any atom is 0.293 e. The zero-order chi connectivity index (χ0) is 26.8. The fraction of sp³-hybridized carbons (Fsp3) is 0.0385. The summed E-state index contributed by atoms with van der Waals surface area (Å²) in [6.45, 7) is 0. The number of benzene rings is 3. The van der Waals surface area contributed by atoms with Crippen LogP contribution in [0, 0.1) is 10.1 Å². The van der Waals surface area contributed by atoms with Gasteiger partial charge >= 0.3 is 0 Å². The number of amides is 1. The van der Waals surface area contributed by atoms with Crippen molar-refractivity contribution in [1.82, 2.24) is 10.3 Å². The number of thiocarbonyl (C=S) groups is 1. The van der Waals surface area contributed by atoms with Crippen LogP contribution in [0.5, 0.6) is 5.75 Å². The number of nitrogens with zero attached hydrogens (tertiary/aromatic N) is 2. The van der Waals surface area contributed by atoms with Gasteiger partial charge in [0.15, 0.2) is 16.5 Å². The van der Waals surface area contributed by atoms with E-state index in [0.717, 1.165) is 10.0 Å². The van der Waals surface area contributed by atoms with Crippen molar-refractivity contribution in [3.63, 3.8) is 0 Å². The van der Waals surface area contributed by atoms with E-state index in [-0.39, 0.29) is 16.6 Å². The third-order valence-corrected chi connectivity index (χ3v) is 6.27. The van der Waals surface area contributed by atoms with Gasteiger partial charge in [-0.1, -0.05) is 12.1 Å². The zero-order valence-corrected chi connectivity index (χ0v) is 22.0. The van der Waals surface area contributed by atoms with Crippen molar-refractivity contribution in [3.8, 4) is 28.5 Å². The maximum absolute atomic E-state index is 12.6. The summed E-state index contributed by atoms with van der Waals surface area (Å²) < 4.78 is 17.5. The van der Waals surface area contributed by atoms with Crippen molar-refractivity contribution in [3.05, 3.63) is 93.1 Å². The Morgan fingerprint density at radius 1 is 1.05 bits per heavy atom. The van der Waals surface area contributed by atoms with Gasteiger partial charge in [0.05, 0.1) is 16.5 Å². The number of oxazole rings is 1. The molecule has 3 aromatic carbocycles. The number of anilines is 1. The number of rotatable bonds is 6. The van der Waals surface area contributed by atoms with Gasteiger partial charge in [-0.3, -0.25) is 20.2 Å². The molecule has 2 aromatic heterocycles. The summed E-state index contributed by atoms with van der Waals surface area (Å²) in [5, 5.41) is 16.6. The van der Waals surface area contributed by atoms with Crippen molar-refractivity contribution in [2.45, 2.75) is 0 Å². The topological polar surface area (TPSA) is 133 Å². The largest absolute Gasteiger partial charge is 0.496 e. The van der Waals surface area contributed by atoms with E-state index in [2.05, 4.69) is 31.5 Å². The van der Waals surface area contributed by atoms with E-state index in [9.17, 15) is 14.9 Å². The lowest BCUT2D eigenvalue weighted by molar-refractivity contribution is -0.384. The van der Waals surface area contributed by atoms with Gasteiger partial charge in [0.2, 0.25) is 5.89 Å². The van der Waals surface area contributed by atoms with Crippen molar-refractivity contribution < 1.29 is 23.3 Å². The highest BCUT2D eigenvalue weighted by molar-refractivity contribution is 9.10. The molecule has 0 aliphatic rings. The first-order chi connectivity index (χ1) is 18.3. The molecule has 12 heteroatoms. The number of nitro groups is 1. The summed E-state index contributed by atoms with van der Waals surface area (Å²) >= 11 is 8.74. The van der Waals surface area contributed by atoms with Crippen LogP contribution in [-0.4, -0.2) is 28.0 Å². The molecule has 190 valence electrons. The van der Waals surface area contributed by atoms with Crippen LogP contribution in [0.25, 0.3) is 33.9 Å². The Morgan fingerprint density at radius 2 is 1.89 bits per heavy atom. The second-order valence-electron chi connectivity index (χ2n) is 7.93. The van der Waals surface area contributed by atoms with Crippen LogP contribution in [0.1, 0.15) is 10.6 Å². The Hall–Kier alpha value is -4.55. The third kappa shape index (κ3) is 5.26. The molecule has 2 heterocycles. The van der Waals surface area contributed by atoms with Gasteiger partial charge in [0.1, 0.15) is 17.0 Å². The summed E-state index contributed by atoms with van der Waals surface area (Å²) in [5.41, 5.74) is 2.93. The van der Waals surface area contributed by atoms with Crippen LogP contribution in [0.3, 0.4) is 0 Å². The monoisotopic (exact) mass is 592 g/mol. The molecule has 0 fully saturated rings. The molecule has 0 unspecified atom stereocenters. The molecule has 0 radical (unpaired) electrons. The number of methoxy groups -OCH3 is 1. The van der Waals surface area contributed by atoms with Crippen LogP contribution >= 0.6 is 28.1 Å². The number of hydrogen-bond donors (Lipinski definition) is 2. The molecule has 5 aromatic rings. The number of nitro benzene ring substituents is 1. The Kier molecular flexibility index (Phi) is 6.90. The number of halogens is 1. The summed E-state index contributed by atoms with van der Waals surface area (Å²) in [6.07, 6.45) is 0. The number of ether oxygens (including phenoxy) is 1. The third-order valence-electron chi connectivity index (χ3n) is 5.44. The van der Waals surface area contributed by atoms with Gasteiger partial charge in [0.25, 0.3) is 11.6 Å². The molecule has 0 aliphatic heterocycles. The molecular formula is C26H17BrN4O6S. The first-order valence-electron chi connectivity index (χ1n) is 11.0. The number of carbonyl (C=O) groups is 1. The average molecular weight is 593 g/mol. The highest BCUT2D eigenvalue weighted by atomic mass is 79.9. The quantitative estimate of drug-likeness (QED) is 0.128. The zero-order valence-electron chi connectivity index (χ0n) is 19.6. The van der Waals surface area contributed by atoms with E-state index in [1.165, 1.54) is 18.2 Å². The van der Waals surface area contributed by atoms with E-state index in [1.54, 1.807) is 43.5 Å². The van der Waals surface area contributed by atoms with E-state index in [0.29, 0.717) is 39.8 Å². The number of carbonyl (C=O) groups excluding carboxylic acids is 1. The molecule has 0 spiro atoms. The van der Waals surface area contributed by atoms with Gasteiger partial charge in [-0.05, 0) is 76.7 Å². The van der Waals surface area contributed by atoms with Gasteiger partial charge in [-0.2, -0.15) is 0 Å². The summed E-state index contributed by atoms with van der Waals surface area (Å²) in [4.78, 5) is 27.7. The molecule has 10 nitrogen and oxygen atoms in total. The minimum atomic E-state index is -0.575. The Morgan fingerprint density at radius 3 is 2.66 bits per heavy atom.